The van der Waals surface area contributed by atoms with E-state index in [2.05, 4.69) is 5.32 Å². The van der Waals surface area contributed by atoms with E-state index >= 15 is 0 Å². The maximum atomic E-state index is 12.8. The Morgan fingerprint density at radius 1 is 1.16 bits per heavy atom. The van der Waals surface area contributed by atoms with Crippen LogP contribution in [0.5, 0.6) is 0 Å². The van der Waals surface area contributed by atoms with E-state index in [1.54, 1.807) is 51.1 Å². The molecule has 0 saturated heterocycles. The summed E-state index contributed by atoms with van der Waals surface area (Å²) in [4.78, 5) is 0. The van der Waals surface area contributed by atoms with Gasteiger partial charge in [-0.2, -0.15) is 13.7 Å². The highest BCUT2D eigenvalue weighted by Crippen LogP contribution is 2.50. The number of nitriles is 1. The number of allylic oxidation sites excluding steroid dienone is 2. The molecule has 0 aromatic heterocycles. The molecule has 136 valence electrons. The quantitative estimate of drug-likeness (QED) is 0.348. The zero-order chi connectivity index (χ0) is 19.3. The summed E-state index contributed by atoms with van der Waals surface area (Å²) in [7, 11) is -4.93. The summed E-state index contributed by atoms with van der Waals surface area (Å²) in [5.41, 5.74) is -0.243. The number of hydrogen-bond donors (Lipinski definition) is 1. The molecule has 0 atom stereocenters. The van der Waals surface area contributed by atoms with Crippen LogP contribution in [0.25, 0.3) is 5.57 Å². The minimum absolute atomic E-state index is 0.0176. The van der Waals surface area contributed by atoms with Crippen LogP contribution in [-0.4, -0.2) is 32.8 Å². The Labute approximate surface area is 149 Å². The second-order valence-corrected chi connectivity index (χ2v) is 9.36. The molecule has 1 rings (SSSR count). The third kappa shape index (κ3) is 5.28. The molecule has 0 bridgehead atoms. The lowest BCUT2D eigenvalue weighted by molar-refractivity contribution is 0.290. The van der Waals surface area contributed by atoms with Crippen LogP contribution in [0.1, 0.15) is 26.3 Å². The van der Waals surface area contributed by atoms with Crippen molar-refractivity contribution in [2.24, 2.45) is 0 Å². The van der Waals surface area contributed by atoms with E-state index in [9.17, 15) is 18.2 Å². The molecule has 7 nitrogen and oxygen atoms in total. The van der Waals surface area contributed by atoms with Gasteiger partial charge in [0.15, 0.2) is 0 Å². The van der Waals surface area contributed by atoms with Crippen LogP contribution >= 0.6 is 7.60 Å². The fourth-order valence-corrected chi connectivity index (χ4v) is 4.44. The van der Waals surface area contributed by atoms with Gasteiger partial charge in [0, 0.05) is 19.8 Å². The second-order valence-electron chi connectivity index (χ2n) is 6.01. The molecule has 25 heavy (non-hydrogen) atoms. The highest BCUT2D eigenvalue weighted by atomic mass is 32.2. The standard InChI is InChI=1S/C16H21N2O5PS/c1-16(2,3)18-14(13(11-17)12-9-7-6-8-10-12)15(25(20)21)24(19,22-4)23-5/h6-10,18H,1-5H3. The highest BCUT2D eigenvalue weighted by molar-refractivity contribution is 7.94. The molecule has 0 heterocycles. The van der Waals surface area contributed by atoms with E-state index < -0.39 is 28.0 Å². The molecular weight excluding hydrogens is 363 g/mol. The Balaban J connectivity index is 3.92. The first-order valence-corrected chi connectivity index (χ1v) is 9.88. The average Bonchev–Trinajstić information content (AvgIpc) is 2.54. The molecule has 0 amide bonds. The van der Waals surface area contributed by atoms with Crippen molar-refractivity contribution in [3.63, 3.8) is 0 Å². The minimum atomic E-state index is -4.14. The first-order valence-electron chi connectivity index (χ1n) is 7.26. The molecule has 1 N–H and O–H groups in total. The van der Waals surface area contributed by atoms with Gasteiger partial charge in [0.1, 0.15) is 6.07 Å². The van der Waals surface area contributed by atoms with Crippen molar-refractivity contribution in [1.29, 1.82) is 5.26 Å². The molecule has 0 aliphatic heterocycles. The predicted molar refractivity (Wildman–Crippen MR) is 97.4 cm³/mol. The average molecular weight is 384 g/mol. The molecular formula is C16H21N2O5PS. The van der Waals surface area contributed by atoms with Gasteiger partial charge in [-0.1, -0.05) is 30.3 Å². The Morgan fingerprint density at radius 2 is 1.68 bits per heavy atom. The van der Waals surface area contributed by atoms with Gasteiger partial charge in [-0.15, -0.1) is 0 Å². The summed E-state index contributed by atoms with van der Waals surface area (Å²) >= 11 is 0. The van der Waals surface area contributed by atoms with Crippen LogP contribution in [0.2, 0.25) is 0 Å². The molecule has 0 aliphatic carbocycles. The van der Waals surface area contributed by atoms with Gasteiger partial charge in [0.05, 0.1) is 11.3 Å². The lowest BCUT2D eigenvalue weighted by atomic mass is 10.0. The maximum Gasteiger partial charge on any atom is 0.378 e. The first-order chi connectivity index (χ1) is 11.6. The Hall–Kier alpha value is -1.91. The Kier molecular flexibility index (Phi) is 7.15. The van der Waals surface area contributed by atoms with E-state index in [1.165, 1.54) is 0 Å². The zero-order valence-corrected chi connectivity index (χ0v) is 16.4. The molecule has 0 spiro atoms. The summed E-state index contributed by atoms with van der Waals surface area (Å²) < 4.78 is 45.7. The summed E-state index contributed by atoms with van der Waals surface area (Å²) in [6.07, 6.45) is 0. The van der Waals surface area contributed by atoms with Gasteiger partial charge in [-0.3, -0.25) is 4.57 Å². The molecule has 0 aliphatic rings. The number of benzene rings is 1. The van der Waals surface area contributed by atoms with E-state index in [0.717, 1.165) is 14.2 Å². The van der Waals surface area contributed by atoms with Crippen LogP contribution in [0.3, 0.4) is 0 Å². The molecule has 1 aromatic carbocycles. The maximum absolute atomic E-state index is 12.8. The fourth-order valence-electron chi connectivity index (χ4n) is 2.02. The SMILES string of the molecule is COP(=O)(OC)C(C(NC(C)(C)C)=C(C#N)c1ccccc1)=S(=O)=O. The second kappa shape index (κ2) is 8.45. The summed E-state index contributed by atoms with van der Waals surface area (Å²) in [5.74, 6) is 0. The zero-order valence-electron chi connectivity index (χ0n) is 14.7. The first kappa shape index (κ1) is 21.1. The van der Waals surface area contributed by atoms with Crippen molar-refractivity contribution in [3.05, 3.63) is 41.6 Å². The molecule has 1 aromatic rings. The van der Waals surface area contributed by atoms with Crippen molar-refractivity contribution in [1.82, 2.24) is 5.32 Å². The number of nitrogens with zero attached hydrogens (tertiary/aromatic N) is 1. The van der Waals surface area contributed by atoms with E-state index in [1.807, 2.05) is 6.07 Å². The van der Waals surface area contributed by atoms with Gasteiger partial charge in [0.25, 0.3) is 0 Å². The number of nitrogens with one attached hydrogen (secondary N) is 1. The molecule has 0 radical (unpaired) electrons. The molecule has 0 unspecified atom stereocenters. The summed E-state index contributed by atoms with van der Waals surface area (Å²) in [6.45, 7) is 5.34. The van der Waals surface area contributed by atoms with Crippen LogP contribution in [0.15, 0.2) is 36.0 Å². The lowest BCUT2D eigenvalue weighted by Gasteiger charge is -2.27. The largest absolute Gasteiger partial charge is 0.378 e. The van der Waals surface area contributed by atoms with Crippen molar-refractivity contribution in [2.75, 3.05) is 14.2 Å². The molecule has 0 saturated carbocycles. The highest BCUT2D eigenvalue weighted by Gasteiger charge is 2.37. The topological polar surface area (TPSA) is 105 Å². The molecule has 9 heteroatoms. The van der Waals surface area contributed by atoms with Gasteiger partial charge in [-0.05, 0) is 26.3 Å². The smallest absolute Gasteiger partial charge is 0.378 e. The van der Waals surface area contributed by atoms with Gasteiger partial charge in [0.2, 0.25) is 14.9 Å². The Morgan fingerprint density at radius 3 is 2.04 bits per heavy atom. The third-order valence-corrected chi connectivity index (χ3v) is 6.35. The van der Waals surface area contributed by atoms with Crippen LogP contribution in [0, 0.1) is 11.3 Å². The summed E-state index contributed by atoms with van der Waals surface area (Å²) in [6, 6.07) is 10.5. The predicted octanol–water partition coefficient (Wildman–Crippen LogP) is 2.80. The van der Waals surface area contributed by atoms with Crippen molar-refractivity contribution in [2.45, 2.75) is 26.3 Å². The van der Waals surface area contributed by atoms with Crippen LogP contribution < -0.4 is 5.32 Å². The monoisotopic (exact) mass is 384 g/mol. The van der Waals surface area contributed by atoms with Gasteiger partial charge < -0.3 is 14.4 Å². The normalized spacial score (nSPS) is 12.8. The fraction of sp³-hybridized carbons (Fsp3) is 0.375. The van der Waals surface area contributed by atoms with E-state index in [4.69, 9.17) is 9.05 Å². The lowest BCUT2D eigenvalue weighted by Crippen LogP contribution is -2.38. The molecule has 0 fully saturated rings. The minimum Gasteiger partial charge on any atom is -0.378 e. The van der Waals surface area contributed by atoms with E-state index in [-0.39, 0.29) is 11.3 Å². The van der Waals surface area contributed by atoms with Crippen molar-refractivity contribution < 1.29 is 22.0 Å². The van der Waals surface area contributed by atoms with Crippen molar-refractivity contribution in [3.8, 4) is 6.07 Å². The summed E-state index contributed by atoms with van der Waals surface area (Å²) in [5, 5.41) is 12.6. The van der Waals surface area contributed by atoms with Crippen LogP contribution in [-0.2, 0) is 23.9 Å². The number of hydrogen-bond acceptors (Lipinski definition) is 7. The van der Waals surface area contributed by atoms with E-state index in [0.29, 0.717) is 5.56 Å². The van der Waals surface area contributed by atoms with Gasteiger partial charge in [-0.25, -0.2) is 0 Å². The number of rotatable bonds is 6. The Bertz CT molecular complexity index is 861. The van der Waals surface area contributed by atoms with Gasteiger partial charge >= 0.3 is 7.60 Å². The third-order valence-electron chi connectivity index (χ3n) is 3.03. The van der Waals surface area contributed by atoms with Crippen LogP contribution in [0.4, 0.5) is 0 Å². The van der Waals surface area contributed by atoms with Crippen molar-refractivity contribution >= 4 is 28.1 Å².